The van der Waals surface area contributed by atoms with E-state index in [-0.39, 0.29) is 25.0 Å². The smallest absolute Gasteiger partial charge is 0.262 e. The lowest BCUT2D eigenvalue weighted by molar-refractivity contribution is -0.132. The number of carbonyl (C=O) groups excluding carboxylic acids is 2. The standard InChI is InChI=1S/C25H24N4O4/c1-16-8-10-17(11-9-16)18-13-20(21-7-4-12-32-21)29(27-18)24(30)15-28-14-23(25(26)31)33-22-6-3-2-5-19(22)28/h2-12,20,23H,13-15H2,1H3,(H2,26,31)/t20-,23-/m1/s1. The summed E-state index contributed by atoms with van der Waals surface area (Å²) in [5.74, 6) is 0.412. The number of rotatable bonds is 5. The average Bonchev–Trinajstić information content (AvgIpc) is 3.49. The number of hydrazone groups is 1. The van der Waals surface area contributed by atoms with Gasteiger partial charge in [-0.3, -0.25) is 9.59 Å². The molecule has 2 aliphatic heterocycles. The van der Waals surface area contributed by atoms with E-state index >= 15 is 0 Å². The first-order chi connectivity index (χ1) is 16.0. The Bertz CT molecular complexity index is 1200. The van der Waals surface area contributed by atoms with Gasteiger partial charge in [0.2, 0.25) is 0 Å². The number of primary amides is 1. The van der Waals surface area contributed by atoms with E-state index in [4.69, 9.17) is 20.0 Å². The molecule has 5 rings (SSSR count). The molecule has 0 bridgehead atoms. The predicted octanol–water partition coefficient (Wildman–Crippen LogP) is 3.02. The minimum Gasteiger partial charge on any atom is -0.477 e. The van der Waals surface area contributed by atoms with Crippen LogP contribution in [-0.4, -0.2) is 41.7 Å². The highest BCUT2D eigenvalue weighted by atomic mass is 16.5. The van der Waals surface area contributed by atoms with Crippen LogP contribution >= 0.6 is 0 Å². The van der Waals surface area contributed by atoms with Gasteiger partial charge < -0.3 is 19.8 Å². The van der Waals surface area contributed by atoms with Gasteiger partial charge in [-0.05, 0) is 36.8 Å². The number of aryl methyl sites for hydroxylation is 1. The Labute approximate surface area is 191 Å². The predicted molar refractivity (Wildman–Crippen MR) is 123 cm³/mol. The fourth-order valence-electron chi connectivity index (χ4n) is 4.20. The summed E-state index contributed by atoms with van der Waals surface area (Å²) in [6, 6.07) is 18.7. The van der Waals surface area contributed by atoms with Crippen molar-refractivity contribution >= 4 is 23.2 Å². The Morgan fingerprint density at radius 1 is 1.09 bits per heavy atom. The van der Waals surface area contributed by atoms with E-state index in [1.807, 2.05) is 60.4 Å². The molecule has 0 fully saturated rings. The topological polar surface area (TPSA) is 101 Å². The molecule has 0 radical (unpaired) electrons. The van der Waals surface area contributed by atoms with Gasteiger partial charge in [-0.25, -0.2) is 5.01 Å². The summed E-state index contributed by atoms with van der Waals surface area (Å²) in [6.45, 7) is 2.24. The molecular weight excluding hydrogens is 420 g/mol. The fourth-order valence-corrected chi connectivity index (χ4v) is 4.20. The third-order valence-corrected chi connectivity index (χ3v) is 5.93. The molecular formula is C25H24N4O4. The summed E-state index contributed by atoms with van der Waals surface area (Å²) in [5.41, 5.74) is 9.18. The Hall–Kier alpha value is -4.07. The number of hydrogen-bond donors (Lipinski definition) is 1. The van der Waals surface area contributed by atoms with Crippen LogP contribution in [0.1, 0.15) is 29.3 Å². The molecule has 3 heterocycles. The van der Waals surface area contributed by atoms with Crippen molar-refractivity contribution < 1.29 is 18.7 Å². The molecule has 2 atom stereocenters. The van der Waals surface area contributed by atoms with Crippen molar-refractivity contribution in [2.24, 2.45) is 10.8 Å². The van der Waals surface area contributed by atoms with Gasteiger partial charge in [0.15, 0.2) is 6.10 Å². The summed E-state index contributed by atoms with van der Waals surface area (Å²) in [6.07, 6.45) is 1.31. The number of benzene rings is 2. The monoisotopic (exact) mass is 444 g/mol. The van der Waals surface area contributed by atoms with Crippen molar-refractivity contribution in [2.45, 2.75) is 25.5 Å². The van der Waals surface area contributed by atoms with Gasteiger partial charge >= 0.3 is 0 Å². The van der Waals surface area contributed by atoms with E-state index < -0.39 is 12.0 Å². The lowest BCUT2D eigenvalue weighted by Crippen LogP contribution is -2.50. The van der Waals surface area contributed by atoms with Gasteiger partial charge in [-0.1, -0.05) is 42.0 Å². The van der Waals surface area contributed by atoms with Gasteiger partial charge in [-0.15, -0.1) is 0 Å². The third kappa shape index (κ3) is 4.07. The lowest BCUT2D eigenvalue weighted by atomic mass is 10.0. The quantitative estimate of drug-likeness (QED) is 0.652. The van der Waals surface area contributed by atoms with Crippen molar-refractivity contribution in [3.63, 3.8) is 0 Å². The minimum absolute atomic E-state index is 0.0199. The Balaban J connectivity index is 1.44. The van der Waals surface area contributed by atoms with Crippen molar-refractivity contribution in [1.29, 1.82) is 0 Å². The van der Waals surface area contributed by atoms with Gasteiger partial charge in [0.05, 0.1) is 30.8 Å². The van der Waals surface area contributed by atoms with E-state index in [9.17, 15) is 9.59 Å². The second-order valence-corrected chi connectivity index (χ2v) is 8.24. The van der Waals surface area contributed by atoms with Crippen LogP contribution < -0.4 is 15.4 Å². The highest BCUT2D eigenvalue weighted by Gasteiger charge is 2.37. The molecule has 2 aliphatic rings. The zero-order valence-corrected chi connectivity index (χ0v) is 18.2. The zero-order valence-electron chi connectivity index (χ0n) is 18.2. The number of fused-ring (bicyclic) bond motifs is 1. The molecule has 2 amide bonds. The molecule has 0 saturated heterocycles. The van der Waals surface area contributed by atoms with Crippen molar-refractivity contribution in [2.75, 3.05) is 18.0 Å². The number of para-hydroxylation sites is 2. The van der Waals surface area contributed by atoms with Crippen LogP contribution in [0.2, 0.25) is 0 Å². The largest absolute Gasteiger partial charge is 0.477 e. The van der Waals surface area contributed by atoms with Crippen molar-refractivity contribution in [3.05, 3.63) is 83.8 Å². The summed E-state index contributed by atoms with van der Waals surface area (Å²) in [4.78, 5) is 27.2. The average molecular weight is 444 g/mol. The summed E-state index contributed by atoms with van der Waals surface area (Å²) in [5, 5.41) is 6.18. The van der Waals surface area contributed by atoms with E-state index in [0.29, 0.717) is 17.9 Å². The van der Waals surface area contributed by atoms with Crippen LogP contribution in [-0.2, 0) is 9.59 Å². The molecule has 0 spiro atoms. The first-order valence-corrected chi connectivity index (χ1v) is 10.8. The lowest BCUT2D eigenvalue weighted by Gasteiger charge is -2.35. The molecule has 8 heteroatoms. The van der Waals surface area contributed by atoms with Gasteiger partial charge in [0, 0.05) is 6.42 Å². The Morgan fingerprint density at radius 3 is 2.61 bits per heavy atom. The van der Waals surface area contributed by atoms with Crippen LogP contribution in [0.3, 0.4) is 0 Å². The minimum atomic E-state index is -0.834. The molecule has 2 N–H and O–H groups in total. The van der Waals surface area contributed by atoms with Gasteiger partial charge in [-0.2, -0.15) is 5.10 Å². The number of furan rings is 1. The molecule has 8 nitrogen and oxygen atoms in total. The van der Waals surface area contributed by atoms with Gasteiger partial charge in [0.1, 0.15) is 17.6 Å². The number of ether oxygens (including phenoxy) is 1. The molecule has 168 valence electrons. The third-order valence-electron chi connectivity index (χ3n) is 5.93. The molecule has 0 unspecified atom stereocenters. The maximum Gasteiger partial charge on any atom is 0.262 e. The molecule has 1 aromatic heterocycles. The van der Waals surface area contributed by atoms with Gasteiger partial charge in [0.25, 0.3) is 11.8 Å². The number of hydrogen-bond acceptors (Lipinski definition) is 6. The number of nitrogens with two attached hydrogens (primary N) is 1. The highest BCUT2D eigenvalue weighted by Crippen LogP contribution is 2.36. The number of anilines is 1. The van der Waals surface area contributed by atoms with E-state index in [1.165, 1.54) is 5.01 Å². The number of amides is 2. The SMILES string of the molecule is Cc1ccc(C2=NN(C(=O)CN3C[C@H](C(N)=O)Oc4ccccc43)[C@@H](c3ccco3)C2)cc1. The number of nitrogens with zero attached hydrogens (tertiary/aromatic N) is 3. The first kappa shape index (κ1) is 20.8. The highest BCUT2D eigenvalue weighted by molar-refractivity contribution is 6.03. The van der Waals surface area contributed by atoms with Crippen LogP contribution in [0.15, 0.2) is 76.4 Å². The first-order valence-electron chi connectivity index (χ1n) is 10.8. The fraction of sp³-hybridized carbons (Fsp3) is 0.240. The maximum atomic E-state index is 13.5. The second kappa shape index (κ2) is 8.46. The normalized spacial score (nSPS) is 19.6. The van der Waals surface area contributed by atoms with Crippen molar-refractivity contribution in [1.82, 2.24) is 5.01 Å². The summed E-state index contributed by atoms with van der Waals surface area (Å²) in [7, 11) is 0. The molecule has 2 aromatic carbocycles. The Kier molecular flexibility index (Phi) is 5.34. The molecule has 33 heavy (non-hydrogen) atoms. The summed E-state index contributed by atoms with van der Waals surface area (Å²) >= 11 is 0. The molecule has 3 aromatic rings. The van der Waals surface area contributed by atoms with Crippen LogP contribution in [0.5, 0.6) is 5.75 Å². The van der Waals surface area contributed by atoms with E-state index in [2.05, 4.69) is 0 Å². The van der Waals surface area contributed by atoms with Crippen LogP contribution in [0.4, 0.5) is 5.69 Å². The zero-order chi connectivity index (χ0) is 22.9. The van der Waals surface area contributed by atoms with E-state index in [1.54, 1.807) is 18.4 Å². The molecule has 0 aliphatic carbocycles. The summed E-state index contributed by atoms with van der Waals surface area (Å²) < 4.78 is 11.3. The second-order valence-electron chi connectivity index (χ2n) is 8.24. The number of carbonyl (C=O) groups is 2. The van der Waals surface area contributed by atoms with Crippen LogP contribution in [0.25, 0.3) is 0 Å². The van der Waals surface area contributed by atoms with Crippen LogP contribution in [0, 0.1) is 6.92 Å². The maximum absolute atomic E-state index is 13.5. The molecule has 0 saturated carbocycles. The van der Waals surface area contributed by atoms with E-state index in [0.717, 1.165) is 22.5 Å². The Morgan fingerprint density at radius 2 is 1.88 bits per heavy atom. The van der Waals surface area contributed by atoms with Crippen molar-refractivity contribution in [3.8, 4) is 5.75 Å².